The predicted molar refractivity (Wildman–Crippen MR) is 132 cm³/mol. The first kappa shape index (κ1) is 23.1. The third-order valence-electron chi connectivity index (χ3n) is 5.23. The molecule has 8 heteroatoms. The zero-order chi connectivity index (χ0) is 24.1. The number of hydrogen-bond donors (Lipinski definition) is 1. The molecule has 0 bridgehead atoms. The molecule has 0 saturated carbocycles. The van der Waals surface area contributed by atoms with Crippen molar-refractivity contribution in [2.45, 2.75) is 11.8 Å². The lowest BCUT2D eigenvalue weighted by Crippen LogP contribution is -2.40. The van der Waals surface area contributed by atoms with Gasteiger partial charge in [0.15, 0.2) is 0 Å². The molecule has 34 heavy (non-hydrogen) atoms. The van der Waals surface area contributed by atoms with Gasteiger partial charge >= 0.3 is 0 Å². The number of fused-ring (bicyclic) bond motifs is 1. The van der Waals surface area contributed by atoms with Gasteiger partial charge in [0.25, 0.3) is 15.9 Å². The summed E-state index contributed by atoms with van der Waals surface area (Å²) in [5.74, 6) is -1.47. The molecule has 0 fully saturated rings. The number of aryl methyl sites for hydroxylation is 1. The second kappa shape index (κ2) is 9.84. The Morgan fingerprint density at radius 1 is 0.941 bits per heavy atom. The highest BCUT2D eigenvalue weighted by Gasteiger charge is 2.29. The number of amides is 1. The fourth-order valence-corrected chi connectivity index (χ4v) is 4.92. The number of carbonyl (C=O) groups is 1. The summed E-state index contributed by atoms with van der Waals surface area (Å²) in [5.41, 5.74) is 3.79. The molecule has 0 aliphatic carbocycles. The van der Waals surface area contributed by atoms with Crippen molar-refractivity contribution in [2.24, 2.45) is 5.10 Å². The van der Waals surface area contributed by atoms with Gasteiger partial charge in [0.05, 0.1) is 16.8 Å². The molecule has 0 heterocycles. The van der Waals surface area contributed by atoms with Crippen LogP contribution in [0.3, 0.4) is 0 Å². The summed E-state index contributed by atoms with van der Waals surface area (Å²) < 4.78 is 41.9. The highest BCUT2D eigenvalue weighted by molar-refractivity contribution is 7.92. The molecule has 4 rings (SSSR count). The van der Waals surface area contributed by atoms with Crippen molar-refractivity contribution < 1.29 is 17.6 Å². The number of sulfonamides is 1. The SMILES string of the molecule is Cc1ccc(S(=O)(=O)N(CC(=O)N/N=C\c2cccc3ccccc23)c2ccccc2F)cc1. The number of benzene rings is 4. The fraction of sp³-hybridized carbons (Fsp3) is 0.0769. The summed E-state index contributed by atoms with van der Waals surface area (Å²) in [6, 6.07) is 25.0. The molecule has 0 aliphatic heterocycles. The van der Waals surface area contributed by atoms with Crippen molar-refractivity contribution in [1.29, 1.82) is 0 Å². The van der Waals surface area contributed by atoms with Crippen LogP contribution in [0.25, 0.3) is 10.8 Å². The molecule has 4 aromatic carbocycles. The molecule has 172 valence electrons. The quantitative estimate of drug-likeness (QED) is 0.313. The second-order valence-electron chi connectivity index (χ2n) is 7.64. The van der Waals surface area contributed by atoms with E-state index in [9.17, 15) is 17.6 Å². The monoisotopic (exact) mass is 475 g/mol. The Balaban J connectivity index is 1.59. The van der Waals surface area contributed by atoms with Gasteiger partial charge in [0.1, 0.15) is 12.4 Å². The average molecular weight is 476 g/mol. The van der Waals surface area contributed by atoms with E-state index in [1.54, 1.807) is 12.1 Å². The number of nitrogens with one attached hydrogen (secondary N) is 1. The van der Waals surface area contributed by atoms with E-state index in [4.69, 9.17) is 0 Å². The van der Waals surface area contributed by atoms with Crippen LogP contribution in [0, 0.1) is 12.7 Å². The van der Waals surface area contributed by atoms with Crippen LogP contribution in [0.1, 0.15) is 11.1 Å². The maximum atomic E-state index is 14.6. The van der Waals surface area contributed by atoms with Crippen molar-refractivity contribution >= 4 is 38.6 Å². The molecule has 0 unspecified atom stereocenters. The molecule has 0 saturated heterocycles. The molecule has 4 aromatic rings. The van der Waals surface area contributed by atoms with Crippen LogP contribution in [-0.4, -0.2) is 27.1 Å². The number of hydrazone groups is 1. The molecule has 0 atom stereocenters. The molecule has 1 N–H and O–H groups in total. The molecule has 6 nitrogen and oxygen atoms in total. The Morgan fingerprint density at radius 3 is 2.38 bits per heavy atom. The molecule has 0 aromatic heterocycles. The Bertz CT molecular complexity index is 1460. The van der Waals surface area contributed by atoms with E-state index >= 15 is 0 Å². The van der Waals surface area contributed by atoms with Crippen molar-refractivity contribution in [3.05, 3.63) is 108 Å². The normalized spacial score (nSPS) is 11.6. The standard InChI is InChI=1S/C26H22FN3O3S/c1-19-13-15-22(16-14-19)34(32,33)30(25-12-5-4-11-24(25)27)18-26(31)29-28-17-21-9-6-8-20-7-2-3-10-23(20)21/h2-17H,18H2,1H3,(H,29,31)/b28-17-. The summed E-state index contributed by atoms with van der Waals surface area (Å²) in [6.07, 6.45) is 1.49. The maximum Gasteiger partial charge on any atom is 0.264 e. The summed E-state index contributed by atoms with van der Waals surface area (Å²) in [4.78, 5) is 12.6. The van der Waals surface area contributed by atoms with Crippen LogP contribution in [0.5, 0.6) is 0 Å². The largest absolute Gasteiger partial charge is 0.271 e. The van der Waals surface area contributed by atoms with Crippen LogP contribution >= 0.6 is 0 Å². The van der Waals surface area contributed by atoms with Crippen molar-refractivity contribution in [3.8, 4) is 0 Å². The number of rotatable bonds is 7. The third-order valence-corrected chi connectivity index (χ3v) is 7.01. The van der Waals surface area contributed by atoms with Crippen LogP contribution < -0.4 is 9.73 Å². The highest BCUT2D eigenvalue weighted by Crippen LogP contribution is 2.26. The minimum absolute atomic E-state index is 0.0478. The van der Waals surface area contributed by atoms with Gasteiger partial charge in [-0.1, -0.05) is 72.3 Å². The predicted octanol–water partition coefficient (Wildman–Crippen LogP) is 4.63. The lowest BCUT2D eigenvalue weighted by atomic mass is 10.1. The van der Waals surface area contributed by atoms with E-state index in [1.807, 2.05) is 49.4 Å². The number of hydrogen-bond acceptors (Lipinski definition) is 4. The highest BCUT2D eigenvalue weighted by atomic mass is 32.2. The molecule has 0 aliphatic rings. The summed E-state index contributed by atoms with van der Waals surface area (Å²) in [7, 11) is -4.21. The van der Waals surface area contributed by atoms with E-state index in [0.717, 1.165) is 32.3 Å². The van der Waals surface area contributed by atoms with E-state index in [0.29, 0.717) is 0 Å². The Morgan fingerprint density at radius 2 is 1.62 bits per heavy atom. The third kappa shape index (κ3) is 4.97. The maximum absolute atomic E-state index is 14.6. The van der Waals surface area contributed by atoms with Gasteiger partial charge in [-0.2, -0.15) is 5.10 Å². The first-order valence-electron chi connectivity index (χ1n) is 10.5. The minimum atomic E-state index is -4.21. The smallest absolute Gasteiger partial charge is 0.264 e. The Kier molecular flexibility index (Phi) is 6.70. The van der Waals surface area contributed by atoms with Crippen molar-refractivity contribution in [3.63, 3.8) is 0 Å². The molecular formula is C26H22FN3O3S. The lowest BCUT2D eigenvalue weighted by Gasteiger charge is -2.24. The van der Waals surface area contributed by atoms with Gasteiger partial charge in [-0.15, -0.1) is 0 Å². The van der Waals surface area contributed by atoms with Gasteiger partial charge in [0, 0.05) is 5.56 Å². The first-order valence-corrected chi connectivity index (χ1v) is 11.9. The van der Waals surface area contributed by atoms with Gasteiger partial charge in [-0.3, -0.25) is 9.10 Å². The number of nitrogens with zero attached hydrogens (tertiary/aromatic N) is 2. The Labute approximate surface area is 197 Å². The summed E-state index contributed by atoms with van der Waals surface area (Å²) in [5, 5.41) is 5.96. The molecule has 0 spiro atoms. The zero-order valence-electron chi connectivity index (χ0n) is 18.4. The lowest BCUT2D eigenvalue weighted by molar-refractivity contribution is -0.119. The van der Waals surface area contributed by atoms with Crippen molar-refractivity contribution in [2.75, 3.05) is 10.8 Å². The number of halogens is 1. The van der Waals surface area contributed by atoms with Gasteiger partial charge < -0.3 is 0 Å². The van der Waals surface area contributed by atoms with E-state index in [1.165, 1.54) is 36.5 Å². The van der Waals surface area contributed by atoms with Crippen LogP contribution in [0.15, 0.2) is 101 Å². The number of anilines is 1. The fourth-order valence-electron chi connectivity index (χ4n) is 3.49. The van der Waals surface area contributed by atoms with Crippen LogP contribution in [0.2, 0.25) is 0 Å². The Hall–Kier alpha value is -4.04. The molecular weight excluding hydrogens is 453 g/mol. The second-order valence-corrected chi connectivity index (χ2v) is 9.50. The van der Waals surface area contributed by atoms with Gasteiger partial charge in [-0.05, 0) is 42.0 Å². The first-order chi connectivity index (χ1) is 16.4. The van der Waals surface area contributed by atoms with Crippen LogP contribution in [0.4, 0.5) is 10.1 Å². The molecule has 1 amide bonds. The van der Waals surface area contributed by atoms with E-state index in [2.05, 4.69) is 10.5 Å². The topological polar surface area (TPSA) is 78.8 Å². The number of para-hydroxylation sites is 1. The van der Waals surface area contributed by atoms with E-state index in [-0.39, 0.29) is 10.6 Å². The van der Waals surface area contributed by atoms with Gasteiger partial charge in [-0.25, -0.2) is 18.2 Å². The summed E-state index contributed by atoms with van der Waals surface area (Å²) in [6.45, 7) is 1.18. The van der Waals surface area contributed by atoms with Crippen LogP contribution in [-0.2, 0) is 14.8 Å². The number of carbonyl (C=O) groups excluding carboxylic acids is 1. The summed E-state index contributed by atoms with van der Waals surface area (Å²) >= 11 is 0. The molecule has 0 radical (unpaired) electrons. The van der Waals surface area contributed by atoms with Gasteiger partial charge in [0.2, 0.25) is 0 Å². The minimum Gasteiger partial charge on any atom is -0.271 e. The zero-order valence-corrected chi connectivity index (χ0v) is 19.2. The van der Waals surface area contributed by atoms with E-state index < -0.39 is 28.3 Å². The average Bonchev–Trinajstić information content (AvgIpc) is 2.83. The van der Waals surface area contributed by atoms with Crippen molar-refractivity contribution in [1.82, 2.24) is 5.43 Å².